The molecule has 1 aliphatic rings. The average molecular weight is 462 g/mol. The van der Waals surface area contributed by atoms with Crippen molar-refractivity contribution in [1.82, 2.24) is 4.98 Å². The highest BCUT2D eigenvalue weighted by Crippen LogP contribution is 2.37. The summed E-state index contributed by atoms with van der Waals surface area (Å²) in [5.41, 5.74) is -0.0177. The Balaban J connectivity index is 1.40. The minimum Gasteiger partial charge on any atom is -0.382 e. The standard InChI is InChI=1S/C23H21F3N2O3S/c24-23(25,26)17-3-1-2-15(12-17)13-20(29)28-18-6-4-16(5-7-18)19-14-27-21(32-19)22(30)8-10-31-11-9-22/h1-7,12,14,30H,8-11,13H2,(H,28,29). The molecule has 0 radical (unpaired) electrons. The molecule has 0 unspecified atom stereocenters. The molecule has 2 N–H and O–H groups in total. The van der Waals surface area contributed by atoms with Gasteiger partial charge >= 0.3 is 6.18 Å². The van der Waals surface area contributed by atoms with Crippen LogP contribution in [0.5, 0.6) is 0 Å². The normalized spacial score (nSPS) is 16.0. The van der Waals surface area contributed by atoms with Gasteiger partial charge in [0.05, 0.1) is 16.9 Å². The predicted octanol–water partition coefficient (Wildman–Crippen LogP) is 5.01. The SMILES string of the molecule is O=C(Cc1cccc(C(F)(F)F)c1)Nc1ccc(-c2cnc(C3(O)CCOCC3)s2)cc1. The number of carbonyl (C=O) groups is 1. The molecule has 3 aromatic rings. The van der Waals surface area contributed by atoms with Crippen molar-refractivity contribution in [2.75, 3.05) is 18.5 Å². The lowest BCUT2D eigenvalue weighted by Crippen LogP contribution is -2.33. The van der Waals surface area contributed by atoms with Crippen LogP contribution in [-0.4, -0.2) is 29.2 Å². The monoisotopic (exact) mass is 462 g/mol. The number of amides is 1. The zero-order valence-electron chi connectivity index (χ0n) is 17.0. The van der Waals surface area contributed by atoms with E-state index in [1.807, 2.05) is 12.1 Å². The Labute approximate surface area is 186 Å². The summed E-state index contributed by atoms with van der Waals surface area (Å²) in [6.45, 7) is 1.00. The highest BCUT2D eigenvalue weighted by atomic mass is 32.1. The molecule has 0 atom stereocenters. The molecule has 1 aliphatic heterocycles. The number of benzene rings is 2. The van der Waals surface area contributed by atoms with Gasteiger partial charge in [-0.2, -0.15) is 13.2 Å². The van der Waals surface area contributed by atoms with Crippen LogP contribution in [0, 0.1) is 0 Å². The number of nitrogens with zero attached hydrogens (tertiary/aromatic N) is 1. The molecule has 2 aromatic carbocycles. The molecule has 5 nitrogen and oxygen atoms in total. The first-order chi connectivity index (χ1) is 15.2. The van der Waals surface area contributed by atoms with Crippen LogP contribution in [0.3, 0.4) is 0 Å². The summed E-state index contributed by atoms with van der Waals surface area (Å²) in [6.07, 6.45) is -1.87. The number of ether oxygens (including phenoxy) is 1. The molecule has 1 fully saturated rings. The van der Waals surface area contributed by atoms with Crippen molar-refractivity contribution in [1.29, 1.82) is 0 Å². The van der Waals surface area contributed by atoms with Gasteiger partial charge in [0.15, 0.2) is 0 Å². The van der Waals surface area contributed by atoms with Crippen LogP contribution in [0.1, 0.15) is 29.0 Å². The Hall–Kier alpha value is -2.75. The zero-order chi connectivity index (χ0) is 22.8. The smallest absolute Gasteiger partial charge is 0.382 e. The summed E-state index contributed by atoms with van der Waals surface area (Å²) in [5.74, 6) is -0.404. The molecule has 0 spiro atoms. The summed E-state index contributed by atoms with van der Waals surface area (Å²) in [5, 5.41) is 14.2. The number of thiazole rings is 1. The molecule has 1 amide bonds. The van der Waals surface area contributed by atoms with Gasteiger partial charge < -0.3 is 15.2 Å². The van der Waals surface area contributed by atoms with Crippen molar-refractivity contribution >= 4 is 22.9 Å². The van der Waals surface area contributed by atoms with E-state index in [9.17, 15) is 23.1 Å². The van der Waals surface area contributed by atoms with Gasteiger partial charge in [-0.05, 0) is 29.3 Å². The Kier molecular flexibility index (Phi) is 6.32. The summed E-state index contributed by atoms with van der Waals surface area (Å²) in [6, 6.07) is 11.8. The molecule has 2 heterocycles. The maximum Gasteiger partial charge on any atom is 0.416 e. The second-order valence-corrected chi connectivity index (χ2v) is 8.70. The molecule has 1 saturated heterocycles. The van der Waals surface area contributed by atoms with Crippen molar-refractivity contribution in [3.05, 3.63) is 70.9 Å². The van der Waals surface area contributed by atoms with Crippen LogP contribution >= 0.6 is 11.3 Å². The third-order valence-electron chi connectivity index (χ3n) is 5.30. The lowest BCUT2D eigenvalue weighted by molar-refractivity contribution is -0.137. The topological polar surface area (TPSA) is 71.5 Å². The van der Waals surface area contributed by atoms with Crippen molar-refractivity contribution in [2.45, 2.75) is 31.0 Å². The Morgan fingerprint density at radius 2 is 1.88 bits per heavy atom. The highest BCUT2D eigenvalue weighted by molar-refractivity contribution is 7.15. The fraction of sp³-hybridized carbons (Fsp3) is 0.304. The Bertz CT molecular complexity index is 1090. The number of anilines is 1. The first-order valence-corrected chi connectivity index (χ1v) is 10.9. The maximum atomic E-state index is 12.8. The van der Waals surface area contributed by atoms with Gasteiger partial charge in [-0.3, -0.25) is 4.79 Å². The molecular formula is C23H21F3N2O3S. The molecule has 1 aromatic heterocycles. The summed E-state index contributed by atoms with van der Waals surface area (Å²) < 4.78 is 43.8. The summed E-state index contributed by atoms with van der Waals surface area (Å²) >= 11 is 1.42. The molecule has 0 bridgehead atoms. The van der Waals surface area contributed by atoms with E-state index < -0.39 is 23.2 Å². The van der Waals surface area contributed by atoms with Crippen LogP contribution in [-0.2, 0) is 27.7 Å². The van der Waals surface area contributed by atoms with E-state index in [0.29, 0.717) is 36.8 Å². The number of hydrogen-bond donors (Lipinski definition) is 2. The molecule has 168 valence electrons. The molecule has 9 heteroatoms. The van der Waals surface area contributed by atoms with Crippen molar-refractivity contribution in [2.24, 2.45) is 0 Å². The number of nitrogens with one attached hydrogen (secondary N) is 1. The minimum absolute atomic E-state index is 0.161. The van der Waals surface area contributed by atoms with Crippen molar-refractivity contribution in [3.63, 3.8) is 0 Å². The average Bonchev–Trinajstić information content (AvgIpc) is 3.26. The van der Waals surface area contributed by atoms with Crippen LogP contribution in [0.25, 0.3) is 10.4 Å². The third kappa shape index (κ3) is 5.17. The van der Waals surface area contributed by atoms with E-state index in [1.165, 1.54) is 23.5 Å². The predicted molar refractivity (Wildman–Crippen MR) is 115 cm³/mol. The van der Waals surface area contributed by atoms with E-state index in [-0.39, 0.29) is 12.0 Å². The van der Waals surface area contributed by atoms with Gasteiger partial charge in [-0.15, -0.1) is 11.3 Å². The van der Waals surface area contributed by atoms with Crippen LogP contribution in [0.2, 0.25) is 0 Å². The quantitative estimate of drug-likeness (QED) is 0.559. The fourth-order valence-corrected chi connectivity index (χ4v) is 4.58. The van der Waals surface area contributed by atoms with Crippen LogP contribution in [0.15, 0.2) is 54.7 Å². The van der Waals surface area contributed by atoms with Crippen LogP contribution < -0.4 is 5.32 Å². The number of carbonyl (C=O) groups excluding carboxylic acids is 1. The van der Waals surface area contributed by atoms with Gasteiger partial charge in [-0.25, -0.2) is 4.98 Å². The fourth-order valence-electron chi connectivity index (χ4n) is 3.51. The highest BCUT2D eigenvalue weighted by Gasteiger charge is 2.35. The minimum atomic E-state index is -4.45. The first-order valence-electron chi connectivity index (χ1n) is 10.1. The lowest BCUT2D eigenvalue weighted by Gasteiger charge is -2.29. The second-order valence-electron chi connectivity index (χ2n) is 7.67. The van der Waals surface area contributed by atoms with Gasteiger partial charge in [0.2, 0.25) is 5.91 Å². The number of aliphatic hydroxyl groups is 1. The van der Waals surface area contributed by atoms with Gasteiger partial charge in [-0.1, -0.05) is 30.3 Å². The van der Waals surface area contributed by atoms with E-state index in [2.05, 4.69) is 10.3 Å². The molecule has 32 heavy (non-hydrogen) atoms. The van der Waals surface area contributed by atoms with E-state index >= 15 is 0 Å². The third-order valence-corrected chi connectivity index (χ3v) is 6.54. The molecular weight excluding hydrogens is 441 g/mol. The summed E-state index contributed by atoms with van der Waals surface area (Å²) in [4.78, 5) is 17.6. The molecule has 0 aliphatic carbocycles. The Morgan fingerprint density at radius 3 is 2.56 bits per heavy atom. The molecule has 0 saturated carbocycles. The van der Waals surface area contributed by atoms with E-state index in [1.54, 1.807) is 18.3 Å². The largest absolute Gasteiger partial charge is 0.416 e. The van der Waals surface area contributed by atoms with Gasteiger partial charge in [0.25, 0.3) is 0 Å². The van der Waals surface area contributed by atoms with Crippen molar-refractivity contribution < 1.29 is 27.8 Å². The van der Waals surface area contributed by atoms with Gasteiger partial charge in [0.1, 0.15) is 10.6 Å². The number of aromatic nitrogens is 1. The maximum absolute atomic E-state index is 12.8. The number of hydrogen-bond acceptors (Lipinski definition) is 5. The van der Waals surface area contributed by atoms with Crippen molar-refractivity contribution in [3.8, 4) is 10.4 Å². The number of alkyl halides is 3. The van der Waals surface area contributed by atoms with Gasteiger partial charge in [0, 0.05) is 37.9 Å². The zero-order valence-corrected chi connectivity index (χ0v) is 17.8. The molecule has 4 rings (SSSR count). The van der Waals surface area contributed by atoms with E-state index in [0.717, 1.165) is 22.6 Å². The lowest BCUT2D eigenvalue weighted by atomic mass is 9.95. The number of rotatable bonds is 5. The van der Waals surface area contributed by atoms with E-state index in [4.69, 9.17) is 4.74 Å². The first kappa shape index (κ1) is 22.4. The summed E-state index contributed by atoms with van der Waals surface area (Å²) in [7, 11) is 0. The Morgan fingerprint density at radius 1 is 1.16 bits per heavy atom. The van der Waals surface area contributed by atoms with Crippen LogP contribution in [0.4, 0.5) is 18.9 Å². The number of halogens is 3. The second kappa shape index (κ2) is 9.01.